The van der Waals surface area contributed by atoms with Crippen LogP contribution in [0.2, 0.25) is 10.0 Å². The Morgan fingerprint density at radius 1 is 1.09 bits per heavy atom. The third-order valence-corrected chi connectivity index (χ3v) is 3.46. The lowest BCUT2D eigenvalue weighted by Crippen LogP contribution is -2.28. The van der Waals surface area contributed by atoms with Crippen LogP contribution in [0.15, 0.2) is 48.5 Å². The van der Waals surface area contributed by atoms with Gasteiger partial charge in [-0.2, -0.15) is 5.26 Å². The number of para-hydroxylation sites is 1. The molecule has 0 saturated carbocycles. The number of hydrogen-bond acceptors (Lipinski definition) is 3. The van der Waals surface area contributed by atoms with Crippen molar-refractivity contribution in [2.45, 2.75) is 0 Å². The van der Waals surface area contributed by atoms with Gasteiger partial charge >= 0.3 is 0 Å². The number of amides is 1. The van der Waals surface area contributed by atoms with Crippen molar-refractivity contribution in [2.24, 2.45) is 5.92 Å². The minimum absolute atomic E-state index is 0.202. The molecule has 0 bridgehead atoms. The van der Waals surface area contributed by atoms with Gasteiger partial charge in [-0.25, -0.2) is 0 Å². The van der Waals surface area contributed by atoms with Gasteiger partial charge in [0.15, 0.2) is 11.7 Å². The molecule has 22 heavy (non-hydrogen) atoms. The van der Waals surface area contributed by atoms with E-state index in [1.807, 2.05) is 0 Å². The van der Waals surface area contributed by atoms with E-state index in [9.17, 15) is 9.59 Å². The molecule has 1 N–H and O–H groups in total. The maximum Gasteiger partial charge on any atom is 0.249 e. The van der Waals surface area contributed by atoms with E-state index in [0.29, 0.717) is 15.7 Å². The molecule has 1 atom stereocenters. The molecular formula is C16H10Cl2N2O2. The number of ketones is 1. The molecule has 0 aliphatic heterocycles. The summed E-state index contributed by atoms with van der Waals surface area (Å²) in [5, 5.41) is 12.3. The Balaban J connectivity index is 2.21. The number of Topliss-reactive ketones (excluding diaryl/α,β-unsaturated/α-hetero) is 1. The highest BCUT2D eigenvalue weighted by Gasteiger charge is 2.28. The number of rotatable bonds is 4. The van der Waals surface area contributed by atoms with Gasteiger partial charge in [-0.05, 0) is 24.3 Å². The number of hydrogen-bond donors (Lipinski definition) is 1. The number of halogens is 2. The largest absolute Gasteiger partial charge is 0.323 e. The molecule has 0 aliphatic rings. The molecule has 0 spiro atoms. The van der Waals surface area contributed by atoms with Crippen LogP contribution in [-0.2, 0) is 4.79 Å². The second-order valence-electron chi connectivity index (χ2n) is 4.41. The molecule has 0 aliphatic carbocycles. The highest BCUT2D eigenvalue weighted by Crippen LogP contribution is 2.22. The first-order valence-corrected chi connectivity index (χ1v) is 7.03. The van der Waals surface area contributed by atoms with Gasteiger partial charge < -0.3 is 5.32 Å². The Labute approximate surface area is 137 Å². The zero-order valence-corrected chi connectivity index (χ0v) is 12.7. The van der Waals surface area contributed by atoms with Crippen LogP contribution < -0.4 is 5.32 Å². The summed E-state index contributed by atoms with van der Waals surface area (Å²) in [7, 11) is 0. The molecule has 0 saturated heterocycles. The molecule has 0 radical (unpaired) electrons. The van der Waals surface area contributed by atoms with Gasteiger partial charge in [-0.3, -0.25) is 9.59 Å². The Hall–Kier alpha value is -2.35. The van der Waals surface area contributed by atoms with Crippen LogP contribution in [0.25, 0.3) is 0 Å². The first-order chi connectivity index (χ1) is 10.5. The zero-order chi connectivity index (χ0) is 16.1. The summed E-state index contributed by atoms with van der Waals surface area (Å²) in [5.74, 6) is -2.83. The van der Waals surface area contributed by atoms with Gasteiger partial charge in [-0.15, -0.1) is 0 Å². The molecule has 0 aromatic heterocycles. The van der Waals surface area contributed by atoms with Gasteiger partial charge in [0.05, 0.1) is 16.8 Å². The summed E-state index contributed by atoms with van der Waals surface area (Å²) in [6.45, 7) is 0. The van der Waals surface area contributed by atoms with Gasteiger partial charge in [0.25, 0.3) is 0 Å². The molecule has 0 heterocycles. The van der Waals surface area contributed by atoms with Crippen LogP contribution in [0, 0.1) is 17.2 Å². The summed E-state index contributed by atoms with van der Waals surface area (Å²) in [5.41, 5.74) is 0.543. The standard InChI is InChI=1S/C16H10Cl2N2O2/c17-11-5-3-4-10(8-11)15(21)12(9-19)16(22)20-14-7-2-1-6-13(14)18/h1-8,12H,(H,20,22). The maximum absolute atomic E-state index is 12.3. The normalized spacial score (nSPS) is 11.3. The minimum atomic E-state index is -1.48. The lowest BCUT2D eigenvalue weighted by Gasteiger charge is -2.11. The van der Waals surface area contributed by atoms with E-state index >= 15 is 0 Å². The van der Waals surface area contributed by atoms with E-state index in [1.54, 1.807) is 42.5 Å². The SMILES string of the molecule is N#CC(C(=O)Nc1ccccc1Cl)C(=O)c1cccc(Cl)c1. The van der Waals surface area contributed by atoms with Crippen LogP contribution in [0.5, 0.6) is 0 Å². The van der Waals surface area contributed by atoms with E-state index in [-0.39, 0.29) is 5.56 Å². The molecular weight excluding hydrogens is 323 g/mol. The van der Waals surface area contributed by atoms with Crippen LogP contribution in [0.1, 0.15) is 10.4 Å². The van der Waals surface area contributed by atoms with Crippen molar-refractivity contribution < 1.29 is 9.59 Å². The number of nitrogens with zero attached hydrogens (tertiary/aromatic N) is 1. The lowest BCUT2D eigenvalue weighted by molar-refractivity contribution is -0.117. The lowest BCUT2D eigenvalue weighted by atomic mass is 9.98. The summed E-state index contributed by atoms with van der Waals surface area (Å²) in [6.07, 6.45) is 0. The third kappa shape index (κ3) is 3.64. The third-order valence-electron chi connectivity index (χ3n) is 2.89. The Bertz CT molecular complexity index is 769. The highest BCUT2D eigenvalue weighted by molar-refractivity contribution is 6.34. The van der Waals surface area contributed by atoms with Crippen molar-refractivity contribution in [2.75, 3.05) is 5.32 Å². The monoisotopic (exact) mass is 332 g/mol. The molecule has 4 nitrogen and oxygen atoms in total. The molecule has 6 heteroatoms. The van der Waals surface area contributed by atoms with Crippen LogP contribution in [0.4, 0.5) is 5.69 Å². The van der Waals surface area contributed by atoms with Gasteiger partial charge in [0, 0.05) is 10.6 Å². The van der Waals surface area contributed by atoms with Gasteiger partial charge in [-0.1, -0.05) is 47.5 Å². The smallest absolute Gasteiger partial charge is 0.249 e. The van der Waals surface area contributed by atoms with Crippen molar-refractivity contribution in [1.29, 1.82) is 5.26 Å². The van der Waals surface area contributed by atoms with E-state index in [4.69, 9.17) is 28.5 Å². The number of anilines is 1. The maximum atomic E-state index is 12.3. The predicted molar refractivity (Wildman–Crippen MR) is 85.0 cm³/mol. The van der Waals surface area contributed by atoms with Crippen molar-refractivity contribution >= 4 is 40.6 Å². The first-order valence-electron chi connectivity index (χ1n) is 6.27. The Morgan fingerprint density at radius 3 is 2.45 bits per heavy atom. The van der Waals surface area contributed by atoms with Crippen molar-refractivity contribution in [1.82, 2.24) is 0 Å². The zero-order valence-electron chi connectivity index (χ0n) is 11.2. The molecule has 1 amide bonds. The quantitative estimate of drug-likeness (QED) is 0.680. The fraction of sp³-hybridized carbons (Fsp3) is 0.0625. The number of carbonyl (C=O) groups is 2. The van der Waals surface area contributed by atoms with Gasteiger partial charge in [0.1, 0.15) is 0 Å². The van der Waals surface area contributed by atoms with E-state index in [0.717, 1.165) is 0 Å². The number of carbonyl (C=O) groups excluding carboxylic acids is 2. The molecule has 2 rings (SSSR count). The second kappa shape index (κ2) is 7.08. The minimum Gasteiger partial charge on any atom is -0.323 e. The summed E-state index contributed by atoms with van der Waals surface area (Å²) < 4.78 is 0. The highest BCUT2D eigenvalue weighted by atomic mass is 35.5. The first kappa shape index (κ1) is 16.0. The van der Waals surface area contributed by atoms with Crippen molar-refractivity contribution in [3.63, 3.8) is 0 Å². The summed E-state index contributed by atoms with van der Waals surface area (Å²) in [6, 6.07) is 14.4. The van der Waals surface area contributed by atoms with Crippen molar-refractivity contribution in [3.8, 4) is 6.07 Å². The van der Waals surface area contributed by atoms with E-state index < -0.39 is 17.6 Å². The van der Waals surface area contributed by atoms with E-state index in [2.05, 4.69) is 5.32 Å². The second-order valence-corrected chi connectivity index (χ2v) is 5.25. The topological polar surface area (TPSA) is 70.0 Å². The molecule has 2 aromatic carbocycles. The van der Waals surface area contributed by atoms with Crippen molar-refractivity contribution in [3.05, 3.63) is 64.1 Å². The molecule has 110 valence electrons. The number of benzene rings is 2. The van der Waals surface area contributed by atoms with Crippen LogP contribution in [-0.4, -0.2) is 11.7 Å². The Kier molecular flexibility index (Phi) is 5.16. The van der Waals surface area contributed by atoms with Gasteiger partial charge in [0.2, 0.25) is 5.91 Å². The van der Waals surface area contributed by atoms with Crippen LogP contribution >= 0.6 is 23.2 Å². The van der Waals surface area contributed by atoms with E-state index in [1.165, 1.54) is 12.1 Å². The van der Waals surface area contributed by atoms with Crippen LogP contribution in [0.3, 0.4) is 0 Å². The molecule has 1 unspecified atom stereocenters. The summed E-state index contributed by atoms with van der Waals surface area (Å²) >= 11 is 11.7. The molecule has 2 aromatic rings. The molecule has 0 fully saturated rings. The average molecular weight is 333 g/mol. The number of nitrogens with one attached hydrogen (secondary N) is 1. The Morgan fingerprint density at radius 2 is 1.82 bits per heavy atom. The average Bonchev–Trinajstić information content (AvgIpc) is 2.50. The fourth-order valence-electron chi connectivity index (χ4n) is 1.81. The number of nitriles is 1. The predicted octanol–water partition coefficient (Wildman–Crippen LogP) is 3.95. The fourth-order valence-corrected chi connectivity index (χ4v) is 2.19. The summed E-state index contributed by atoms with van der Waals surface area (Å²) in [4.78, 5) is 24.4.